The Morgan fingerprint density at radius 1 is 1.24 bits per heavy atom. The van der Waals surface area contributed by atoms with Crippen LogP contribution in [0.3, 0.4) is 0 Å². The molecule has 1 aromatic carbocycles. The van der Waals surface area contributed by atoms with Crippen LogP contribution in [0.2, 0.25) is 0 Å². The molecule has 0 aliphatic rings. The molecule has 0 saturated carbocycles. The highest BCUT2D eigenvalue weighted by atomic mass is 16.3. The fourth-order valence-corrected chi connectivity index (χ4v) is 2.77. The summed E-state index contributed by atoms with van der Waals surface area (Å²) in [4.78, 5) is 0. The zero-order valence-electron chi connectivity index (χ0n) is 12.5. The maximum atomic E-state index is 10.0. The molecule has 0 spiro atoms. The van der Waals surface area contributed by atoms with Crippen LogP contribution in [0, 0.1) is 0 Å². The van der Waals surface area contributed by atoms with Crippen molar-refractivity contribution in [2.75, 3.05) is 0 Å². The maximum Gasteiger partial charge on any atom is 0.0900 e. The van der Waals surface area contributed by atoms with Crippen LogP contribution < -0.4 is 0 Å². The third-order valence-electron chi connectivity index (χ3n) is 3.89. The second-order valence-electron chi connectivity index (χ2n) is 5.51. The monoisotopic (exact) mass is 283 g/mol. The van der Waals surface area contributed by atoms with E-state index in [9.17, 15) is 5.11 Å². The summed E-state index contributed by atoms with van der Waals surface area (Å²) in [7, 11) is 1.97. The van der Waals surface area contributed by atoms with Crippen LogP contribution >= 0.6 is 0 Å². The highest BCUT2D eigenvalue weighted by molar-refractivity contribution is 5.81. The van der Waals surface area contributed by atoms with E-state index in [1.165, 1.54) is 5.39 Å². The fraction of sp³-hybridized carbons (Fsp3) is 0.353. The van der Waals surface area contributed by atoms with E-state index >= 15 is 0 Å². The van der Waals surface area contributed by atoms with Crippen molar-refractivity contribution in [1.29, 1.82) is 0 Å². The minimum Gasteiger partial charge on any atom is -0.388 e. The molecule has 1 unspecified atom stereocenters. The molecule has 0 bridgehead atoms. The molecular formula is C17H21N3O. The van der Waals surface area contributed by atoms with Crippen molar-refractivity contribution in [3.63, 3.8) is 0 Å². The van der Waals surface area contributed by atoms with Crippen molar-refractivity contribution < 1.29 is 5.11 Å². The van der Waals surface area contributed by atoms with Gasteiger partial charge in [-0.15, -0.1) is 0 Å². The lowest BCUT2D eigenvalue weighted by Crippen LogP contribution is -2.00. The zero-order chi connectivity index (χ0) is 14.8. The van der Waals surface area contributed by atoms with E-state index in [1.54, 1.807) is 0 Å². The summed E-state index contributed by atoms with van der Waals surface area (Å²) in [6.45, 7) is 2.81. The Morgan fingerprint density at radius 2 is 2.05 bits per heavy atom. The Bertz CT molecular complexity index is 741. The summed E-state index contributed by atoms with van der Waals surface area (Å²) in [5.41, 5.74) is 3.18. The van der Waals surface area contributed by atoms with Gasteiger partial charge < -0.3 is 9.67 Å². The van der Waals surface area contributed by atoms with Gasteiger partial charge in [-0.3, -0.25) is 4.68 Å². The van der Waals surface area contributed by atoms with Gasteiger partial charge in [0.1, 0.15) is 0 Å². The van der Waals surface area contributed by atoms with Gasteiger partial charge in [0.25, 0.3) is 0 Å². The van der Waals surface area contributed by atoms with E-state index in [1.807, 2.05) is 42.3 Å². The lowest BCUT2D eigenvalue weighted by molar-refractivity contribution is 0.166. The summed E-state index contributed by atoms with van der Waals surface area (Å²) in [6.07, 6.45) is 5.45. The molecule has 1 atom stereocenters. The fourth-order valence-electron chi connectivity index (χ4n) is 2.77. The van der Waals surface area contributed by atoms with E-state index < -0.39 is 0 Å². The normalized spacial score (nSPS) is 12.9. The molecule has 0 aliphatic carbocycles. The van der Waals surface area contributed by atoms with Crippen molar-refractivity contribution >= 4 is 10.9 Å². The summed E-state index contributed by atoms with van der Waals surface area (Å²) in [5, 5.41) is 15.8. The molecule has 2 heterocycles. The van der Waals surface area contributed by atoms with E-state index in [-0.39, 0.29) is 6.10 Å². The Hall–Kier alpha value is -2.07. The summed E-state index contributed by atoms with van der Waals surface area (Å²) in [6, 6.07) is 10.2. The molecule has 0 saturated heterocycles. The molecule has 0 radical (unpaired) electrons. The lowest BCUT2D eigenvalue weighted by Gasteiger charge is -2.06. The second kappa shape index (κ2) is 5.74. The van der Waals surface area contributed by atoms with Crippen LogP contribution in [0.15, 0.2) is 42.7 Å². The first-order chi connectivity index (χ1) is 10.2. The van der Waals surface area contributed by atoms with E-state index in [2.05, 4.69) is 28.7 Å². The average molecular weight is 283 g/mol. The van der Waals surface area contributed by atoms with Gasteiger partial charge in [0.05, 0.1) is 23.9 Å². The van der Waals surface area contributed by atoms with Crippen molar-refractivity contribution in [2.24, 2.45) is 7.05 Å². The van der Waals surface area contributed by atoms with Gasteiger partial charge in [-0.1, -0.05) is 31.5 Å². The minimum absolute atomic E-state index is 0.364. The first-order valence-electron chi connectivity index (χ1n) is 7.43. The molecule has 1 N–H and O–H groups in total. The molecule has 3 aromatic rings. The third-order valence-corrected chi connectivity index (χ3v) is 3.89. The van der Waals surface area contributed by atoms with Crippen molar-refractivity contribution in [2.45, 2.75) is 32.4 Å². The van der Waals surface area contributed by atoms with Gasteiger partial charge in [0.2, 0.25) is 0 Å². The third kappa shape index (κ3) is 2.72. The summed E-state index contributed by atoms with van der Waals surface area (Å²) < 4.78 is 4.00. The van der Waals surface area contributed by atoms with Crippen LogP contribution in [0.1, 0.15) is 37.1 Å². The maximum absolute atomic E-state index is 10.0. The molecule has 0 fully saturated rings. The number of para-hydroxylation sites is 1. The number of aryl methyl sites for hydroxylation is 1. The number of hydrogen-bond acceptors (Lipinski definition) is 2. The second-order valence-corrected chi connectivity index (χ2v) is 5.51. The molecule has 0 amide bonds. The topological polar surface area (TPSA) is 43.0 Å². The molecule has 0 aliphatic heterocycles. The number of aliphatic hydroxyl groups is 1. The van der Waals surface area contributed by atoms with Crippen molar-refractivity contribution in [3.05, 3.63) is 54.0 Å². The zero-order valence-corrected chi connectivity index (χ0v) is 12.5. The lowest BCUT2D eigenvalue weighted by atomic mass is 10.1. The number of hydrogen-bond donors (Lipinski definition) is 1. The predicted molar refractivity (Wildman–Crippen MR) is 84.1 cm³/mol. The van der Waals surface area contributed by atoms with Gasteiger partial charge in [0, 0.05) is 24.8 Å². The predicted octanol–water partition coefficient (Wildman–Crippen LogP) is 3.26. The Morgan fingerprint density at radius 3 is 2.86 bits per heavy atom. The van der Waals surface area contributed by atoms with Gasteiger partial charge in [0.15, 0.2) is 0 Å². The van der Waals surface area contributed by atoms with Crippen LogP contribution in [-0.2, 0) is 13.6 Å². The number of nitrogens with zero attached hydrogens (tertiary/aromatic N) is 3. The molecule has 21 heavy (non-hydrogen) atoms. The smallest absolute Gasteiger partial charge is 0.0900 e. The largest absolute Gasteiger partial charge is 0.388 e. The van der Waals surface area contributed by atoms with Crippen LogP contribution in [0.5, 0.6) is 0 Å². The Labute approximate surface area is 124 Å². The Balaban J connectivity index is 1.86. The summed E-state index contributed by atoms with van der Waals surface area (Å²) >= 11 is 0. The van der Waals surface area contributed by atoms with E-state index in [0.717, 1.165) is 36.2 Å². The van der Waals surface area contributed by atoms with Gasteiger partial charge in [-0.25, -0.2) is 0 Å². The first kappa shape index (κ1) is 13.9. The molecular weight excluding hydrogens is 262 g/mol. The number of benzene rings is 1. The molecule has 3 rings (SSSR count). The standard InChI is InChI=1S/C17H21N3O/c1-3-6-17(21)13-9-10-20(11-13)12-15-14-7-4-5-8-16(14)19(2)18-15/h4-5,7-11,17,21H,3,6,12H2,1-2H3. The van der Waals surface area contributed by atoms with Crippen LogP contribution in [0.4, 0.5) is 0 Å². The van der Waals surface area contributed by atoms with E-state index in [0.29, 0.717) is 0 Å². The first-order valence-corrected chi connectivity index (χ1v) is 7.43. The van der Waals surface area contributed by atoms with Crippen LogP contribution in [-0.4, -0.2) is 19.5 Å². The minimum atomic E-state index is -0.364. The average Bonchev–Trinajstić information content (AvgIpc) is 3.06. The SMILES string of the molecule is CCCC(O)c1ccn(Cc2nn(C)c3ccccc23)c1. The van der Waals surface area contributed by atoms with Gasteiger partial charge in [-0.2, -0.15) is 5.10 Å². The molecule has 4 heteroatoms. The van der Waals surface area contributed by atoms with Gasteiger partial charge in [-0.05, 0) is 24.1 Å². The van der Waals surface area contributed by atoms with Crippen molar-refractivity contribution in [3.8, 4) is 0 Å². The number of rotatable bonds is 5. The van der Waals surface area contributed by atoms with Crippen molar-refractivity contribution in [1.82, 2.24) is 14.3 Å². The number of aliphatic hydroxyl groups excluding tert-OH is 1. The van der Waals surface area contributed by atoms with E-state index in [4.69, 9.17) is 0 Å². The molecule has 110 valence electrons. The molecule has 2 aromatic heterocycles. The van der Waals surface area contributed by atoms with Gasteiger partial charge >= 0.3 is 0 Å². The number of fused-ring (bicyclic) bond motifs is 1. The summed E-state index contributed by atoms with van der Waals surface area (Å²) in [5.74, 6) is 0. The quantitative estimate of drug-likeness (QED) is 0.781. The van der Waals surface area contributed by atoms with Crippen LogP contribution in [0.25, 0.3) is 10.9 Å². The highest BCUT2D eigenvalue weighted by Crippen LogP contribution is 2.21. The number of aromatic nitrogens is 3. The molecule has 4 nitrogen and oxygen atoms in total. The Kier molecular flexibility index (Phi) is 3.80. The highest BCUT2D eigenvalue weighted by Gasteiger charge is 2.11.